The zero-order chi connectivity index (χ0) is 11.9. The van der Waals surface area contributed by atoms with Gasteiger partial charge in [0.1, 0.15) is 11.1 Å². The Hall–Kier alpha value is -0.730. The number of ether oxygens (including phenoxy) is 1. The molecule has 0 saturated heterocycles. The summed E-state index contributed by atoms with van der Waals surface area (Å²) >= 11 is 11.7. The summed E-state index contributed by atoms with van der Waals surface area (Å²) in [5.74, 6) is 0.584. The fourth-order valence-electron chi connectivity index (χ4n) is 1.76. The number of hydrogen-bond acceptors (Lipinski definition) is 2. The molecule has 2 unspecified atom stereocenters. The van der Waals surface area contributed by atoms with Crippen LogP contribution in [0.3, 0.4) is 0 Å². The first-order valence-corrected chi connectivity index (χ1v) is 5.84. The van der Waals surface area contributed by atoms with E-state index in [9.17, 15) is 4.79 Å². The van der Waals surface area contributed by atoms with Crippen molar-refractivity contribution in [3.05, 3.63) is 29.3 Å². The highest BCUT2D eigenvalue weighted by atomic mass is 35.5. The number of ketones is 1. The Balaban J connectivity index is 2.11. The van der Waals surface area contributed by atoms with Crippen LogP contribution in [0.2, 0.25) is 5.02 Å². The first-order valence-electron chi connectivity index (χ1n) is 5.03. The number of rotatable bonds is 2. The lowest BCUT2D eigenvalue weighted by atomic mass is 9.67. The number of Topliss-reactive ketones (excluding diaryl/α,β-unsaturated/α-hetero) is 1. The molecule has 86 valence electrons. The standard InChI is InChI=1S/C12H12Cl2O2/c1-12(2)10(14)9(15)11(12)16-8-5-3-7(13)4-6-8/h3-6,10-11H,1-2H3. The van der Waals surface area contributed by atoms with E-state index in [1.807, 2.05) is 13.8 Å². The predicted octanol–water partition coefficient (Wildman–Crippen LogP) is 3.30. The zero-order valence-corrected chi connectivity index (χ0v) is 10.5. The molecule has 4 heteroatoms. The van der Waals surface area contributed by atoms with E-state index in [1.54, 1.807) is 24.3 Å². The number of carbonyl (C=O) groups excluding carboxylic acids is 1. The maximum Gasteiger partial charge on any atom is 0.192 e. The SMILES string of the molecule is CC1(C)C(Cl)C(=O)C1Oc1ccc(Cl)cc1. The van der Waals surface area contributed by atoms with E-state index in [0.717, 1.165) is 0 Å². The second-order valence-corrected chi connectivity index (χ2v) is 5.41. The Bertz CT molecular complexity index is 412. The first-order chi connectivity index (χ1) is 7.43. The molecule has 0 aromatic heterocycles. The van der Waals surface area contributed by atoms with Crippen LogP contribution in [0.1, 0.15) is 13.8 Å². The van der Waals surface area contributed by atoms with E-state index in [0.29, 0.717) is 10.8 Å². The maximum absolute atomic E-state index is 11.6. The van der Waals surface area contributed by atoms with Crippen LogP contribution in [0.25, 0.3) is 0 Å². The van der Waals surface area contributed by atoms with E-state index in [2.05, 4.69) is 0 Å². The van der Waals surface area contributed by atoms with Crippen LogP contribution in [-0.2, 0) is 4.79 Å². The Labute approximate surface area is 104 Å². The van der Waals surface area contributed by atoms with Crippen molar-refractivity contribution in [2.75, 3.05) is 0 Å². The van der Waals surface area contributed by atoms with Crippen molar-refractivity contribution in [2.24, 2.45) is 5.41 Å². The summed E-state index contributed by atoms with van der Waals surface area (Å²) in [4.78, 5) is 11.6. The number of benzene rings is 1. The molecule has 1 saturated carbocycles. The van der Waals surface area contributed by atoms with Gasteiger partial charge in [0.25, 0.3) is 0 Å². The molecule has 2 rings (SSSR count). The number of hydrogen-bond donors (Lipinski definition) is 0. The molecule has 1 aromatic carbocycles. The highest BCUT2D eigenvalue weighted by molar-refractivity contribution is 6.35. The average molecular weight is 259 g/mol. The van der Waals surface area contributed by atoms with Crippen LogP contribution in [0.15, 0.2) is 24.3 Å². The van der Waals surface area contributed by atoms with E-state index < -0.39 is 11.5 Å². The van der Waals surface area contributed by atoms with Gasteiger partial charge < -0.3 is 4.74 Å². The molecule has 0 amide bonds. The Morgan fingerprint density at radius 1 is 1.25 bits per heavy atom. The molecule has 1 aliphatic carbocycles. The largest absolute Gasteiger partial charge is 0.482 e. The Morgan fingerprint density at radius 2 is 1.81 bits per heavy atom. The number of carbonyl (C=O) groups is 1. The topological polar surface area (TPSA) is 26.3 Å². The van der Waals surface area contributed by atoms with Crippen molar-refractivity contribution in [2.45, 2.75) is 25.3 Å². The van der Waals surface area contributed by atoms with E-state index in [4.69, 9.17) is 27.9 Å². The van der Waals surface area contributed by atoms with Crippen molar-refractivity contribution in [1.29, 1.82) is 0 Å². The van der Waals surface area contributed by atoms with Gasteiger partial charge in [-0.15, -0.1) is 11.6 Å². The molecule has 2 atom stereocenters. The quantitative estimate of drug-likeness (QED) is 0.761. The molecule has 0 radical (unpaired) electrons. The van der Waals surface area contributed by atoms with Crippen molar-refractivity contribution >= 4 is 29.0 Å². The van der Waals surface area contributed by atoms with Gasteiger partial charge in [0, 0.05) is 10.4 Å². The number of halogens is 2. The van der Waals surface area contributed by atoms with Gasteiger partial charge in [0.05, 0.1) is 0 Å². The van der Waals surface area contributed by atoms with Crippen molar-refractivity contribution in [3.8, 4) is 5.75 Å². The fourth-order valence-corrected chi connectivity index (χ4v) is 2.12. The third kappa shape index (κ3) is 1.80. The summed E-state index contributed by atoms with van der Waals surface area (Å²) in [6.07, 6.45) is -0.462. The van der Waals surface area contributed by atoms with Gasteiger partial charge in [0.15, 0.2) is 11.9 Å². The summed E-state index contributed by atoms with van der Waals surface area (Å²) in [6, 6.07) is 6.94. The molecule has 0 aliphatic heterocycles. The van der Waals surface area contributed by atoms with Crippen LogP contribution < -0.4 is 4.74 Å². The molecule has 1 fully saturated rings. The van der Waals surface area contributed by atoms with Crippen molar-refractivity contribution in [1.82, 2.24) is 0 Å². The molecule has 1 aliphatic rings. The summed E-state index contributed by atoms with van der Waals surface area (Å²) in [7, 11) is 0. The van der Waals surface area contributed by atoms with Gasteiger partial charge in [-0.1, -0.05) is 25.4 Å². The lowest BCUT2D eigenvalue weighted by Gasteiger charge is -2.46. The lowest BCUT2D eigenvalue weighted by molar-refractivity contribution is -0.146. The van der Waals surface area contributed by atoms with Gasteiger partial charge in [-0.3, -0.25) is 4.79 Å². The molecule has 0 bridgehead atoms. The van der Waals surface area contributed by atoms with Crippen molar-refractivity contribution in [3.63, 3.8) is 0 Å². The Morgan fingerprint density at radius 3 is 2.31 bits per heavy atom. The highest BCUT2D eigenvalue weighted by Crippen LogP contribution is 2.43. The highest BCUT2D eigenvalue weighted by Gasteiger charge is 2.57. The predicted molar refractivity (Wildman–Crippen MR) is 64.3 cm³/mol. The molecule has 0 N–H and O–H groups in total. The smallest absolute Gasteiger partial charge is 0.192 e. The Kier molecular flexibility index (Phi) is 2.89. The van der Waals surface area contributed by atoms with E-state index in [-0.39, 0.29) is 11.2 Å². The van der Waals surface area contributed by atoms with E-state index >= 15 is 0 Å². The van der Waals surface area contributed by atoms with Crippen LogP contribution in [-0.4, -0.2) is 17.3 Å². The normalized spacial score (nSPS) is 27.4. The molecular weight excluding hydrogens is 247 g/mol. The minimum atomic E-state index is -0.462. The molecule has 2 nitrogen and oxygen atoms in total. The maximum atomic E-state index is 11.6. The lowest BCUT2D eigenvalue weighted by Crippen LogP contribution is -2.62. The van der Waals surface area contributed by atoms with Crippen LogP contribution in [0.4, 0.5) is 0 Å². The van der Waals surface area contributed by atoms with Crippen molar-refractivity contribution < 1.29 is 9.53 Å². The second kappa shape index (κ2) is 3.94. The van der Waals surface area contributed by atoms with Crippen LogP contribution >= 0.6 is 23.2 Å². The van der Waals surface area contributed by atoms with Gasteiger partial charge in [-0.25, -0.2) is 0 Å². The summed E-state index contributed by atoms with van der Waals surface area (Å²) in [5, 5.41) is 0.187. The fraction of sp³-hybridized carbons (Fsp3) is 0.417. The molecule has 0 spiro atoms. The average Bonchev–Trinajstić information content (AvgIpc) is 2.26. The molecule has 1 aromatic rings. The molecular formula is C12H12Cl2O2. The van der Waals surface area contributed by atoms with E-state index in [1.165, 1.54) is 0 Å². The van der Waals surface area contributed by atoms with Gasteiger partial charge >= 0.3 is 0 Å². The minimum absolute atomic E-state index is 0.0541. The zero-order valence-electron chi connectivity index (χ0n) is 9.04. The number of alkyl halides is 1. The summed E-state index contributed by atoms with van der Waals surface area (Å²) in [5.41, 5.74) is -0.321. The third-order valence-corrected chi connectivity index (χ3v) is 3.93. The second-order valence-electron chi connectivity index (χ2n) is 4.54. The van der Waals surface area contributed by atoms with Gasteiger partial charge in [-0.2, -0.15) is 0 Å². The third-order valence-electron chi connectivity index (χ3n) is 2.90. The summed E-state index contributed by atoms with van der Waals surface area (Å²) in [6.45, 7) is 3.85. The van der Waals surface area contributed by atoms with Gasteiger partial charge in [-0.05, 0) is 24.3 Å². The molecule has 0 heterocycles. The van der Waals surface area contributed by atoms with Crippen LogP contribution in [0.5, 0.6) is 5.75 Å². The first kappa shape index (κ1) is 11.7. The minimum Gasteiger partial charge on any atom is -0.482 e. The molecule has 16 heavy (non-hydrogen) atoms. The monoisotopic (exact) mass is 258 g/mol. The van der Waals surface area contributed by atoms with Gasteiger partial charge in [0.2, 0.25) is 0 Å². The summed E-state index contributed by atoms with van der Waals surface area (Å²) < 4.78 is 5.61. The van der Waals surface area contributed by atoms with Crippen LogP contribution in [0, 0.1) is 5.41 Å².